The highest BCUT2D eigenvalue weighted by atomic mass is 35.5. The molecule has 1 amide bonds. The van der Waals surface area contributed by atoms with Gasteiger partial charge in [0.1, 0.15) is 11.0 Å². The predicted molar refractivity (Wildman–Crippen MR) is 167 cm³/mol. The Morgan fingerprint density at radius 3 is 2.57 bits per heavy atom. The summed E-state index contributed by atoms with van der Waals surface area (Å²) in [6.45, 7) is 5.33. The Morgan fingerprint density at radius 1 is 1.11 bits per heavy atom. The third-order valence-electron chi connectivity index (χ3n) is 8.77. The molecule has 1 atom stereocenters. The minimum absolute atomic E-state index is 0.00514. The molecule has 5 rings (SSSR count). The molecule has 3 heterocycles. The fraction of sp³-hybridized carbons (Fsp3) is 0.548. The Morgan fingerprint density at radius 2 is 1.89 bits per heavy atom. The third kappa shape index (κ3) is 8.30. The van der Waals surface area contributed by atoms with Crippen LogP contribution >= 0.6 is 11.6 Å². The molecule has 0 unspecified atom stereocenters. The SMILES string of the molecule is CC1(C)CC[C@@H](CCCNc2cccc(S(=O)(=O)NC(=O)c3ccc(-n4ccc(OCCCC5(C(F)(F)F)CC5)n4)nc3Cl)n2)C1. The molecule has 2 N–H and O–H groups in total. The minimum atomic E-state index is -4.32. The van der Waals surface area contributed by atoms with Gasteiger partial charge in [-0.3, -0.25) is 4.79 Å². The van der Waals surface area contributed by atoms with Crippen molar-refractivity contribution < 1.29 is 31.1 Å². The van der Waals surface area contributed by atoms with Crippen LogP contribution in [0.4, 0.5) is 19.0 Å². The van der Waals surface area contributed by atoms with Crippen molar-refractivity contribution in [3.8, 4) is 11.7 Å². The van der Waals surface area contributed by atoms with Crippen molar-refractivity contribution >= 4 is 33.3 Å². The normalized spacial score (nSPS) is 18.7. The number of anilines is 1. The van der Waals surface area contributed by atoms with Crippen molar-refractivity contribution in [3.05, 3.63) is 53.3 Å². The van der Waals surface area contributed by atoms with E-state index in [1.165, 1.54) is 54.4 Å². The number of pyridine rings is 2. The number of nitrogens with zero attached hydrogens (tertiary/aromatic N) is 4. The van der Waals surface area contributed by atoms with Gasteiger partial charge >= 0.3 is 6.18 Å². The number of sulfonamides is 1. The highest BCUT2D eigenvalue weighted by Gasteiger charge is 2.62. The van der Waals surface area contributed by atoms with Crippen molar-refractivity contribution in [3.63, 3.8) is 0 Å². The molecule has 2 aliphatic rings. The maximum Gasteiger partial charge on any atom is 0.394 e. The topological polar surface area (TPSA) is 128 Å². The van der Waals surface area contributed by atoms with Gasteiger partial charge in [0.15, 0.2) is 10.8 Å². The third-order valence-corrected chi connectivity index (χ3v) is 10.3. The van der Waals surface area contributed by atoms with Crippen LogP contribution in [0.25, 0.3) is 5.82 Å². The van der Waals surface area contributed by atoms with Crippen LogP contribution in [0.15, 0.2) is 47.6 Å². The average molecular weight is 683 g/mol. The van der Waals surface area contributed by atoms with Gasteiger partial charge in [0.2, 0.25) is 5.88 Å². The van der Waals surface area contributed by atoms with E-state index < -0.39 is 27.5 Å². The maximum absolute atomic E-state index is 13.1. The highest BCUT2D eigenvalue weighted by molar-refractivity contribution is 7.90. The van der Waals surface area contributed by atoms with Gasteiger partial charge in [0.05, 0.1) is 17.6 Å². The number of hydrogen-bond acceptors (Lipinski definition) is 8. The van der Waals surface area contributed by atoms with E-state index >= 15 is 0 Å². The van der Waals surface area contributed by atoms with Crippen LogP contribution in [0.2, 0.25) is 5.15 Å². The second-order valence-electron chi connectivity index (χ2n) is 13.0. The molecule has 0 bridgehead atoms. The Kier molecular flexibility index (Phi) is 9.88. The first-order valence-electron chi connectivity index (χ1n) is 15.4. The lowest BCUT2D eigenvalue weighted by molar-refractivity contribution is -0.189. The van der Waals surface area contributed by atoms with Crippen LogP contribution < -0.4 is 14.8 Å². The number of nitrogens with one attached hydrogen (secondary N) is 2. The summed E-state index contributed by atoms with van der Waals surface area (Å²) in [6.07, 6.45) is 3.60. The van der Waals surface area contributed by atoms with Crippen LogP contribution in [-0.2, 0) is 10.0 Å². The molecule has 2 fully saturated rings. The van der Waals surface area contributed by atoms with Crippen molar-refractivity contribution in [1.82, 2.24) is 24.5 Å². The summed E-state index contributed by atoms with van der Waals surface area (Å²) >= 11 is 6.25. The molecule has 15 heteroatoms. The zero-order chi connectivity index (χ0) is 33.2. The fourth-order valence-corrected chi connectivity index (χ4v) is 7.14. The summed E-state index contributed by atoms with van der Waals surface area (Å²) in [5.41, 5.74) is -1.35. The van der Waals surface area contributed by atoms with Crippen molar-refractivity contribution in [2.75, 3.05) is 18.5 Å². The molecule has 0 spiro atoms. The van der Waals surface area contributed by atoms with Gasteiger partial charge in [-0.25, -0.2) is 19.4 Å². The quantitative estimate of drug-likeness (QED) is 0.138. The summed E-state index contributed by atoms with van der Waals surface area (Å²) in [5.74, 6) is 0.512. The molecule has 0 aliphatic heterocycles. The lowest BCUT2D eigenvalue weighted by Gasteiger charge is -2.18. The van der Waals surface area contributed by atoms with Crippen LogP contribution in [0.5, 0.6) is 5.88 Å². The van der Waals surface area contributed by atoms with E-state index in [2.05, 4.69) is 34.2 Å². The maximum atomic E-state index is 13.1. The van der Waals surface area contributed by atoms with Crippen molar-refractivity contribution in [1.29, 1.82) is 0 Å². The minimum Gasteiger partial charge on any atom is -0.477 e. The Hall–Kier alpha value is -3.39. The van der Waals surface area contributed by atoms with E-state index in [1.807, 2.05) is 4.72 Å². The van der Waals surface area contributed by atoms with E-state index in [0.29, 0.717) is 23.7 Å². The first-order valence-corrected chi connectivity index (χ1v) is 17.2. The van der Waals surface area contributed by atoms with Crippen molar-refractivity contribution in [2.24, 2.45) is 16.7 Å². The second kappa shape index (κ2) is 13.4. The Bertz CT molecular complexity index is 1660. The number of amides is 1. The first kappa shape index (κ1) is 34.0. The van der Waals surface area contributed by atoms with E-state index in [9.17, 15) is 26.4 Å². The fourth-order valence-electron chi connectivity index (χ4n) is 5.97. The lowest BCUT2D eigenvalue weighted by atomic mass is 9.89. The molecule has 0 aromatic carbocycles. The van der Waals surface area contributed by atoms with Gasteiger partial charge in [-0.1, -0.05) is 31.5 Å². The molecule has 0 saturated heterocycles. The Labute approximate surface area is 271 Å². The van der Waals surface area contributed by atoms with Gasteiger partial charge in [0.25, 0.3) is 15.9 Å². The molecule has 10 nitrogen and oxygen atoms in total. The van der Waals surface area contributed by atoms with Gasteiger partial charge in [-0.05, 0) is 93.4 Å². The monoisotopic (exact) mass is 682 g/mol. The standard InChI is InChI=1S/C31H38ClF3N6O4S/c1-29(2)14-11-21(20-29)6-4-17-36-23-7-3-8-26(37-23)46(43,44)40-28(42)22-9-10-24(38-27(22)32)41-18-12-25(39-41)45-19-5-13-30(15-16-30)31(33,34)35/h3,7-10,12,18,21H,4-6,11,13-17,19-20H2,1-2H3,(H,36,37)(H,40,42)/t21-/m1/s1. The largest absolute Gasteiger partial charge is 0.477 e. The van der Waals surface area contributed by atoms with Gasteiger partial charge in [-0.15, -0.1) is 5.10 Å². The number of alkyl halides is 3. The van der Waals surface area contributed by atoms with Crippen LogP contribution in [-0.4, -0.2) is 53.4 Å². The average Bonchev–Trinajstić information content (AvgIpc) is 3.51. The summed E-state index contributed by atoms with van der Waals surface area (Å²) in [7, 11) is -4.32. The number of hydrogen-bond donors (Lipinski definition) is 2. The lowest BCUT2D eigenvalue weighted by Crippen LogP contribution is -2.31. The van der Waals surface area contributed by atoms with Gasteiger partial charge in [0, 0.05) is 18.8 Å². The van der Waals surface area contributed by atoms with Gasteiger partial charge in [-0.2, -0.15) is 21.6 Å². The number of aromatic nitrogens is 4. The van der Waals surface area contributed by atoms with Crippen LogP contribution in [0, 0.1) is 16.7 Å². The molecule has 3 aromatic rings. The zero-order valence-corrected chi connectivity index (χ0v) is 27.3. The number of carbonyl (C=O) groups is 1. The summed E-state index contributed by atoms with van der Waals surface area (Å²) < 4.78 is 74.0. The first-order chi connectivity index (χ1) is 21.7. The van der Waals surface area contributed by atoms with E-state index in [1.54, 1.807) is 12.1 Å². The molecule has 250 valence electrons. The van der Waals surface area contributed by atoms with E-state index in [0.717, 1.165) is 12.8 Å². The summed E-state index contributed by atoms with van der Waals surface area (Å²) in [4.78, 5) is 21.2. The molecular weight excluding hydrogens is 645 g/mol. The molecule has 46 heavy (non-hydrogen) atoms. The number of carbonyl (C=O) groups excluding carboxylic acids is 1. The molecule has 3 aromatic heterocycles. The van der Waals surface area contributed by atoms with Crippen molar-refractivity contribution in [2.45, 2.75) is 82.8 Å². The molecular formula is C31H38ClF3N6O4S. The van der Waals surface area contributed by atoms with Crippen LogP contribution in [0.1, 0.15) is 82.0 Å². The summed E-state index contributed by atoms with van der Waals surface area (Å²) in [5, 5.41) is 6.78. The van der Waals surface area contributed by atoms with E-state index in [4.69, 9.17) is 16.3 Å². The van der Waals surface area contributed by atoms with Crippen LogP contribution in [0.3, 0.4) is 0 Å². The predicted octanol–water partition coefficient (Wildman–Crippen LogP) is 6.95. The number of rotatable bonds is 14. The number of ether oxygens (including phenoxy) is 1. The molecule has 0 radical (unpaired) electrons. The zero-order valence-electron chi connectivity index (χ0n) is 25.7. The second-order valence-corrected chi connectivity index (χ2v) is 15.0. The Balaban J connectivity index is 1.12. The smallest absolute Gasteiger partial charge is 0.394 e. The highest BCUT2D eigenvalue weighted by Crippen LogP contribution is 2.60. The molecule has 2 saturated carbocycles. The number of halogens is 4. The van der Waals surface area contributed by atoms with E-state index in [-0.39, 0.29) is 59.7 Å². The molecule has 2 aliphatic carbocycles. The summed E-state index contributed by atoms with van der Waals surface area (Å²) in [6, 6.07) is 8.75. The van der Waals surface area contributed by atoms with Gasteiger partial charge < -0.3 is 10.1 Å².